The Hall–Kier alpha value is -2.07. The molecule has 1 aliphatic rings. The molecule has 0 aliphatic carbocycles. The minimum Gasteiger partial charge on any atom is -0.495 e. The first-order valence-corrected chi connectivity index (χ1v) is 11.3. The molecular formula is C19H22N2O5S2. The molecular weight excluding hydrogens is 400 g/mol. The molecule has 0 atom stereocenters. The second-order valence-corrected chi connectivity index (χ2v) is 8.79. The zero-order valence-corrected chi connectivity index (χ0v) is 17.3. The first-order valence-electron chi connectivity index (χ1n) is 8.67. The molecule has 1 amide bonds. The number of carbonyl (C=O) groups is 1. The van der Waals surface area contributed by atoms with Crippen LogP contribution in [0.2, 0.25) is 0 Å². The lowest BCUT2D eigenvalue weighted by Crippen LogP contribution is -2.40. The summed E-state index contributed by atoms with van der Waals surface area (Å²) >= 11 is 1.52. The lowest BCUT2D eigenvalue weighted by Gasteiger charge is -2.26. The molecule has 1 fully saturated rings. The number of amides is 1. The van der Waals surface area contributed by atoms with Gasteiger partial charge < -0.3 is 14.8 Å². The normalized spacial score (nSPS) is 15.2. The van der Waals surface area contributed by atoms with Crippen LogP contribution in [0.5, 0.6) is 5.75 Å². The van der Waals surface area contributed by atoms with Crippen LogP contribution in [0, 0.1) is 0 Å². The highest BCUT2D eigenvalue weighted by Gasteiger charge is 2.30. The first-order chi connectivity index (χ1) is 13.5. The van der Waals surface area contributed by atoms with Gasteiger partial charge in [0.15, 0.2) is 0 Å². The number of nitrogens with zero attached hydrogens (tertiary/aromatic N) is 1. The Kier molecular flexibility index (Phi) is 6.61. The van der Waals surface area contributed by atoms with Crippen molar-refractivity contribution in [3.63, 3.8) is 0 Å². The topological polar surface area (TPSA) is 84.9 Å². The molecule has 0 spiro atoms. The highest BCUT2D eigenvalue weighted by atomic mass is 32.2. The van der Waals surface area contributed by atoms with E-state index in [-0.39, 0.29) is 35.2 Å². The van der Waals surface area contributed by atoms with E-state index in [2.05, 4.69) is 5.32 Å². The van der Waals surface area contributed by atoms with Crippen LogP contribution in [0.1, 0.15) is 10.4 Å². The Balaban J connectivity index is 1.93. The molecule has 9 heteroatoms. The van der Waals surface area contributed by atoms with Crippen molar-refractivity contribution in [2.75, 3.05) is 45.0 Å². The van der Waals surface area contributed by atoms with Crippen LogP contribution < -0.4 is 10.1 Å². The van der Waals surface area contributed by atoms with E-state index in [4.69, 9.17) is 9.47 Å². The molecule has 2 aromatic carbocycles. The zero-order valence-electron chi connectivity index (χ0n) is 15.7. The summed E-state index contributed by atoms with van der Waals surface area (Å²) in [6, 6.07) is 11.8. The fourth-order valence-electron chi connectivity index (χ4n) is 2.89. The number of sulfonamides is 1. The molecule has 3 rings (SSSR count). The summed E-state index contributed by atoms with van der Waals surface area (Å²) in [6.07, 6.45) is 1.92. The van der Waals surface area contributed by atoms with E-state index in [1.165, 1.54) is 35.3 Å². The summed E-state index contributed by atoms with van der Waals surface area (Å²) in [6.45, 7) is 1.21. The highest BCUT2D eigenvalue weighted by Crippen LogP contribution is 2.30. The molecule has 0 bridgehead atoms. The van der Waals surface area contributed by atoms with Crippen LogP contribution in [0.15, 0.2) is 52.3 Å². The van der Waals surface area contributed by atoms with Gasteiger partial charge in [0.1, 0.15) is 10.6 Å². The Morgan fingerprint density at radius 1 is 1.18 bits per heavy atom. The van der Waals surface area contributed by atoms with Gasteiger partial charge in [-0.1, -0.05) is 12.1 Å². The van der Waals surface area contributed by atoms with E-state index < -0.39 is 10.0 Å². The number of hydrogen-bond acceptors (Lipinski definition) is 6. The SMILES string of the molecule is COc1ccc(C(=O)Nc2ccccc2SC)cc1S(=O)(=O)N1CCOCC1. The molecule has 7 nitrogen and oxygen atoms in total. The molecule has 0 aromatic heterocycles. The van der Waals surface area contributed by atoms with Gasteiger partial charge in [0, 0.05) is 23.5 Å². The molecule has 28 heavy (non-hydrogen) atoms. The number of anilines is 1. The molecule has 0 radical (unpaired) electrons. The lowest BCUT2D eigenvalue weighted by atomic mass is 10.2. The van der Waals surface area contributed by atoms with Gasteiger partial charge in [0.2, 0.25) is 10.0 Å². The van der Waals surface area contributed by atoms with E-state index >= 15 is 0 Å². The summed E-state index contributed by atoms with van der Waals surface area (Å²) in [5, 5.41) is 2.84. The zero-order chi connectivity index (χ0) is 20.1. The van der Waals surface area contributed by atoms with Gasteiger partial charge in [-0.15, -0.1) is 11.8 Å². The number of morpholine rings is 1. The predicted molar refractivity (Wildman–Crippen MR) is 109 cm³/mol. The molecule has 1 heterocycles. The average molecular weight is 423 g/mol. The quantitative estimate of drug-likeness (QED) is 0.721. The lowest BCUT2D eigenvalue weighted by molar-refractivity contribution is 0.0729. The number of thioether (sulfide) groups is 1. The number of benzene rings is 2. The van der Waals surface area contributed by atoms with Crippen LogP contribution in [-0.2, 0) is 14.8 Å². The maximum atomic E-state index is 13.1. The molecule has 1 saturated heterocycles. The molecule has 2 aromatic rings. The standard InChI is InChI=1S/C19H22N2O5S2/c1-25-16-8-7-14(19(22)20-15-5-3-4-6-17(15)27-2)13-18(16)28(23,24)21-9-11-26-12-10-21/h3-8,13H,9-12H2,1-2H3,(H,20,22). The van der Waals surface area contributed by atoms with Crippen LogP contribution in [0.3, 0.4) is 0 Å². The van der Waals surface area contributed by atoms with Crippen molar-refractivity contribution in [1.82, 2.24) is 4.31 Å². The van der Waals surface area contributed by atoms with E-state index in [9.17, 15) is 13.2 Å². The number of carbonyl (C=O) groups excluding carboxylic acids is 1. The number of hydrogen-bond donors (Lipinski definition) is 1. The van der Waals surface area contributed by atoms with Crippen LogP contribution in [0.25, 0.3) is 0 Å². The first kappa shape index (κ1) is 20.7. The van der Waals surface area contributed by atoms with Gasteiger partial charge in [-0.25, -0.2) is 8.42 Å². The van der Waals surface area contributed by atoms with Crippen LogP contribution in [-0.4, -0.2) is 58.3 Å². The monoisotopic (exact) mass is 422 g/mol. The Bertz CT molecular complexity index is 957. The van der Waals surface area contributed by atoms with Crippen molar-refractivity contribution in [2.24, 2.45) is 0 Å². The average Bonchev–Trinajstić information content (AvgIpc) is 2.74. The number of ether oxygens (including phenoxy) is 2. The summed E-state index contributed by atoms with van der Waals surface area (Å²) in [4.78, 5) is 13.6. The second kappa shape index (κ2) is 8.95. The van der Waals surface area contributed by atoms with E-state index in [0.29, 0.717) is 18.9 Å². The van der Waals surface area contributed by atoms with Crippen molar-refractivity contribution in [1.29, 1.82) is 0 Å². The smallest absolute Gasteiger partial charge is 0.255 e. The van der Waals surface area contributed by atoms with E-state index in [1.807, 2.05) is 24.5 Å². The fourth-order valence-corrected chi connectivity index (χ4v) is 5.03. The van der Waals surface area contributed by atoms with Gasteiger partial charge in [-0.05, 0) is 36.6 Å². The van der Waals surface area contributed by atoms with Crippen molar-refractivity contribution in [3.8, 4) is 5.75 Å². The van der Waals surface area contributed by atoms with E-state index in [0.717, 1.165) is 4.90 Å². The Labute approximate surface area is 169 Å². The maximum Gasteiger partial charge on any atom is 0.255 e. The number of para-hydroxylation sites is 1. The number of nitrogens with one attached hydrogen (secondary N) is 1. The Morgan fingerprint density at radius 3 is 2.57 bits per heavy atom. The molecule has 0 saturated carbocycles. The second-order valence-electron chi connectivity index (χ2n) is 6.04. The molecule has 150 valence electrons. The van der Waals surface area contributed by atoms with Gasteiger partial charge >= 0.3 is 0 Å². The molecule has 1 N–H and O–H groups in total. The Morgan fingerprint density at radius 2 is 1.89 bits per heavy atom. The van der Waals surface area contributed by atoms with Crippen molar-refractivity contribution in [2.45, 2.75) is 9.79 Å². The third kappa shape index (κ3) is 4.33. The number of methoxy groups -OCH3 is 1. The van der Waals surface area contributed by atoms with Gasteiger partial charge in [0.05, 0.1) is 26.0 Å². The largest absolute Gasteiger partial charge is 0.495 e. The molecule has 1 aliphatic heterocycles. The summed E-state index contributed by atoms with van der Waals surface area (Å²) in [5.74, 6) is -0.185. The minimum absolute atomic E-state index is 0.0253. The number of rotatable bonds is 6. The minimum atomic E-state index is -3.80. The van der Waals surface area contributed by atoms with Gasteiger partial charge in [-0.3, -0.25) is 4.79 Å². The highest BCUT2D eigenvalue weighted by molar-refractivity contribution is 7.98. The third-order valence-corrected chi connectivity index (χ3v) is 7.08. The van der Waals surface area contributed by atoms with Crippen LogP contribution in [0.4, 0.5) is 5.69 Å². The summed E-state index contributed by atoms with van der Waals surface area (Å²) < 4.78 is 37.9. The third-order valence-electron chi connectivity index (χ3n) is 4.37. The van der Waals surface area contributed by atoms with E-state index in [1.54, 1.807) is 12.1 Å². The van der Waals surface area contributed by atoms with Gasteiger partial charge in [-0.2, -0.15) is 4.31 Å². The van der Waals surface area contributed by atoms with Crippen molar-refractivity contribution in [3.05, 3.63) is 48.0 Å². The maximum absolute atomic E-state index is 13.1. The predicted octanol–water partition coefficient (Wildman–Crippen LogP) is 2.69. The van der Waals surface area contributed by atoms with Crippen molar-refractivity contribution < 1.29 is 22.7 Å². The summed E-state index contributed by atoms with van der Waals surface area (Å²) in [5.41, 5.74) is 0.914. The van der Waals surface area contributed by atoms with Gasteiger partial charge in [0.25, 0.3) is 5.91 Å². The van der Waals surface area contributed by atoms with Crippen molar-refractivity contribution >= 4 is 33.4 Å². The fraction of sp³-hybridized carbons (Fsp3) is 0.316. The van der Waals surface area contributed by atoms with Crippen LogP contribution >= 0.6 is 11.8 Å². The molecule has 0 unspecified atom stereocenters. The summed E-state index contributed by atoms with van der Waals surface area (Å²) in [7, 11) is -2.40.